The highest BCUT2D eigenvalue weighted by molar-refractivity contribution is 6.05. The summed E-state index contributed by atoms with van der Waals surface area (Å²) in [5, 5.41) is 12.6. The van der Waals surface area contributed by atoms with Crippen molar-refractivity contribution in [1.29, 1.82) is 0 Å². The second-order valence-electron chi connectivity index (χ2n) is 7.28. The van der Waals surface area contributed by atoms with Crippen molar-refractivity contribution in [2.75, 3.05) is 18.5 Å². The summed E-state index contributed by atoms with van der Waals surface area (Å²) in [6.45, 7) is 0.147. The standard InChI is InChI=1S/C21H20F2N4O3/c1-26-8-6-12-4-5-17(24-19(12)26)20(29)25-18-9-14(15(22)10-16(18)23)21(30)27-7-2-3-13(27)11-28/h4-6,8-10,13,28H,2-3,7,11H2,1H3,(H,25,29)/t13-/m1/s1. The van der Waals surface area contributed by atoms with E-state index in [1.807, 2.05) is 6.07 Å². The lowest BCUT2D eigenvalue weighted by Crippen LogP contribution is -2.38. The average Bonchev–Trinajstić information content (AvgIpc) is 3.36. The normalized spacial score (nSPS) is 16.3. The van der Waals surface area contributed by atoms with E-state index >= 15 is 0 Å². The van der Waals surface area contributed by atoms with E-state index in [1.165, 1.54) is 11.0 Å². The highest BCUT2D eigenvalue weighted by Crippen LogP contribution is 2.25. The molecule has 1 aliphatic heterocycles. The van der Waals surface area contributed by atoms with E-state index in [9.17, 15) is 23.5 Å². The monoisotopic (exact) mass is 414 g/mol. The maximum Gasteiger partial charge on any atom is 0.274 e. The molecule has 1 saturated heterocycles. The van der Waals surface area contributed by atoms with Crippen LogP contribution in [0.15, 0.2) is 36.5 Å². The van der Waals surface area contributed by atoms with Crippen LogP contribution in [0.25, 0.3) is 11.0 Å². The summed E-state index contributed by atoms with van der Waals surface area (Å²) in [5.74, 6) is -3.36. The molecule has 4 rings (SSSR count). The Hall–Kier alpha value is -3.33. The van der Waals surface area contributed by atoms with Crippen LogP contribution < -0.4 is 5.32 Å². The number of nitrogens with zero attached hydrogens (tertiary/aromatic N) is 3. The van der Waals surface area contributed by atoms with Crippen LogP contribution in [0.4, 0.5) is 14.5 Å². The van der Waals surface area contributed by atoms with Crippen molar-refractivity contribution in [1.82, 2.24) is 14.5 Å². The van der Waals surface area contributed by atoms with E-state index in [-0.39, 0.29) is 23.6 Å². The molecule has 2 amide bonds. The maximum atomic E-state index is 14.3. The molecule has 0 aliphatic carbocycles. The molecule has 30 heavy (non-hydrogen) atoms. The van der Waals surface area contributed by atoms with Gasteiger partial charge in [-0.05, 0) is 37.1 Å². The van der Waals surface area contributed by atoms with Crippen molar-refractivity contribution >= 4 is 28.5 Å². The van der Waals surface area contributed by atoms with Crippen LogP contribution in [0.3, 0.4) is 0 Å². The Balaban J connectivity index is 1.62. The van der Waals surface area contributed by atoms with Crippen molar-refractivity contribution in [3.8, 4) is 0 Å². The average molecular weight is 414 g/mol. The van der Waals surface area contributed by atoms with E-state index in [4.69, 9.17) is 0 Å². The summed E-state index contributed by atoms with van der Waals surface area (Å²) in [5.41, 5.74) is -0.0425. The van der Waals surface area contributed by atoms with Crippen LogP contribution in [-0.2, 0) is 7.05 Å². The number of nitrogens with one attached hydrogen (secondary N) is 1. The first-order valence-electron chi connectivity index (χ1n) is 9.53. The zero-order valence-corrected chi connectivity index (χ0v) is 16.2. The second kappa shape index (κ2) is 7.83. The number of aliphatic hydroxyl groups is 1. The first kappa shape index (κ1) is 20.0. The Labute approximate surface area is 170 Å². The number of aromatic nitrogens is 2. The lowest BCUT2D eigenvalue weighted by molar-refractivity contribution is 0.0672. The first-order valence-corrected chi connectivity index (χ1v) is 9.53. The summed E-state index contributed by atoms with van der Waals surface area (Å²) < 4.78 is 30.4. The lowest BCUT2D eigenvalue weighted by Gasteiger charge is -2.23. The Kier molecular flexibility index (Phi) is 5.21. The molecule has 156 valence electrons. The molecule has 0 unspecified atom stereocenters. The van der Waals surface area contributed by atoms with Crippen LogP contribution >= 0.6 is 0 Å². The molecule has 1 atom stereocenters. The maximum absolute atomic E-state index is 14.3. The minimum absolute atomic E-state index is 0.0563. The van der Waals surface area contributed by atoms with Gasteiger partial charge in [-0.25, -0.2) is 13.8 Å². The van der Waals surface area contributed by atoms with Gasteiger partial charge in [0.25, 0.3) is 11.8 Å². The molecule has 3 aromatic rings. The molecule has 0 saturated carbocycles. The van der Waals surface area contributed by atoms with E-state index in [1.54, 1.807) is 23.9 Å². The van der Waals surface area contributed by atoms with E-state index < -0.39 is 29.5 Å². The zero-order valence-electron chi connectivity index (χ0n) is 16.2. The number of fused-ring (bicyclic) bond motifs is 1. The van der Waals surface area contributed by atoms with Crippen molar-refractivity contribution in [3.05, 3.63) is 59.4 Å². The Bertz CT molecular complexity index is 1140. The Morgan fingerprint density at radius 1 is 1.23 bits per heavy atom. The predicted molar refractivity (Wildman–Crippen MR) is 106 cm³/mol. The van der Waals surface area contributed by atoms with Crippen molar-refractivity contribution in [2.24, 2.45) is 7.05 Å². The van der Waals surface area contributed by atoms with Gasteiger partial charge in [-0.3, -0.25) is 9.59 Å². The lowest BCUT2D eigenvalue weighted by atomic mass is 10.1. The van der Waals surface area contributed by atoms with Gasteiger partial charge in [0.15, 0.2) is 0 Å². The number of pyridine rings is 1. The molecule has 0 radical (unpaired) electrons. The van der Waals surface area contributed by atoms with Gasteiger partial charge in [-0.15, -0.1) is 0 Å². The largest absolute Gasteiger partial charge is 0.394 e. The topological polar surface area (TPSA) is 87.5 Å². The molecule has 7 nitrogen and oxygen atoms in total. The van der Waals surface area contributed by atoms with Gasteiger partial charge in [-0.1, -0.05) is 0 Å². The van der Waals surface area contributed by atoms with Crippen LogP contribution in [0.2, 0.25) is 0 Å². The minimum Gasteiger partial charge on any atom is -0.394 e. The number of benzene rings is 1. The number of likely N-dealkylation sites (tertiary alicyclic amines) is 1. The number of hydrogen-bond acceptors (Lipinski definition) is 4. The molecule has 2 aromatic heterocycles. The van der Waals surface area contributed by atoms with Crippen LogP contribution in [0, 0.1) is 11.6 Å². The number of amides is 2. The predicted octanol–water partition coefficient (Wildman–Crippen LogP) is 2.70. The highest BCUT2D eigenvalue weighted by Gasteiger charge is 2.31. The molecule has 1 fully saturated rings. The number of anilines is 1. The van der Waals surface area contributed by atoms with Gasteiger partial charge in [0, 0.05) is 31.2 Å². The summed E-state index contributed by atoms with van der Waals surface area (Å²) in [7, 11) is 1.78. The molecular weight excluding hydrogens is 394 g/mol. The second-order valence-corrected chi connectivity index (χ2v) is 7.28. The van der Waals surface area contributed by atoms with Crippen molar-refractivity contribution < 1.29 is 23.5 Å². The SMILES string of the molecule is Cn1ccc2ccc(C(=O)Nc3cc(C(=O)N4CCC[C@@H]4CO)c(F)cc3F)nc21. The summed E-state index contributed by atoms with van der Waals surface area (Å²) in [6, 6.07) is 6.22. The van der Waals surface area contributed by atoms with Gasteiger partial charge in [0.1, 0.15) is 23.0 Å². The van der Waals surface area contributed by atoms with Crippen LogP contribution in [0.5, 0.6) is 0 Å². The fourth-order valence-electron chi connectivity index (χ4n) is 3.70. The molecule has 0 bridgehead atoms. The minimum atomic E-state index is -1.03. The molecule has 3 heterocycles. The van der Waals surface area contributed by atoms with Gasteiger partial charge < -0.3 is 19.9 Å². The van der Waals surface area contributed by atoms with Crippen molar-refractivity contribution in [2.45, 2.75) is 18.9 Å². The summed E-state index contributed by atoms with van der Waals surface area (Å²) in [4.78, 5) is 31.0. The zero-order chi connectivity index (χ0) is 21.4. The molecule has 9 heteroatoms. The van der Waals surface area contributed by atoms with Gasteiger partial charge in [0.2, 0.25) is 0 Å². The van der Waals surface area contributed by atoms with E-state index in [0.717, 1.165) is 11.5 Å². The Morgan fingerprint density at radius 3 is 2.80 bits per heavy atom. The number of carbonyl (C=O) groups is 2. The number of aryl methyl sites for hydroxylation is 1. The van der Waals surface area contributed by atoms with Gasteiger partial charge in [-0.2, -0.15) is 0 Å². The highest BCUT2D eigenvalue weighted by atomic mass is 19.1. The molecule has 2 N–H and O–H groups in total. The summed E-state index contributed by atoms with van der Waals surface area (Å²) >= 11 is 0. The molecule has 1 aliphatic rings. The van der Waals surface area contributed by atoms with E-state index in [0.29, 0.717) is 31.1 Å². The fourth-order valence-corrected chi connectivity index (χ4v) is 3.70. The molecule has 0 spiro atoms. The third-order valence-electron chi connectivity index (χ3n) is 5.33. The molecular formula is C21H20F2N4O3. The summed E-state index contributed by atoms with van der Waals surface area (Å²) in [6.07, 6.45) is 3.10. The van der Waals surface area contributed by atoms with E-state index in [2.05, 4.69) is 10.3 Å². The number of rotatable bonds is 4. The van der Waals surface area contributed by atoms with Crippen LogP contribution in [-0.4, -0.2) is 50.6 Å². The third kappa shape index (κ3) is 3.52. The quantitative estimate of drug-likeness (QED) is 0.687. The van der Waals surface area contributed by atoms with Crippen LogP contribution in [0.1, 0.15) is 33.7 Å². The third-order valence-corrected chi connectivity index (χ3v) is 5.33. The number of aliphatic hydroxyl groups excluding tert-OH is 1. The fraction of sp³-hybridized carbons (Fsp3) is 0.286. The number of carbonyl (C=O) groups excluding carboxylic acids is 2. The number of halogens is 2. The Morgan fingerprint density at radius 2 is 2.03 bits per heavy atom. The van der Waals surface area contributed by atoms with Gasteiger partial charge >= 0.3 is 0 Å². The number of hydrogen-bond donors (Lipinski definition) is 2. The van der Waals surface area contributed by atoms with Gasteiger partial charge in [0.05, 0.1) is 23.9 Å². The molecule has 1 aromatic carbocycles. The van der Waals surface area contributed by atoms with Crippen molar-refractivity contribution in [3.63, 3.8) is 0 Å². The smallest absolute Gasteiger partial charge is 0.274 e. The first-order chi connectivity index (χ1) is 14.4.